The van der Waals surface area contributed by atoms with E-state index in [-0.39, 0.29) is 0 Å². The van der Waals surface area contributed by atoms with Crippen molar-refractivity contribution in [3.05, 3.63) is 11.3 Å². The molecule has 0 radical (unpaired) electrons. The van der Waals surface area contributed by atoms with Gasteiger partial charge in [-0.3, -0.25) is 0 Å². The van der Waals surface area contributed by atoms with Gasteiger partial charge in [-0.15, -0.1) is 0 Å². The maximum atomic E-state index is 5.80. The van der Waals surface area contributed by atoms with Crippen molar-refractivity contribution in [2.24, 2.45) is 0 Å². The Balaban J connectivity index is 2.62. The van der Waals surface area contributed by atoms with Crippen molar-refractivity contribution >= 4 is 31.3 Å². The van der Waals surface area contributed by atoms with E-state index in [1.165, 1.54) is 5.20 Å². The van der Waals surface area contributed by atoms with Crippen LogP contribution < -0.4 is 0 Å². The molecule has 0 N–H and O–H groups in total. The van der Waals surface area contributed by atoms with Crippen molar-refractivity contribution in [1.82, 2.24) is 0 Å². The second kappa shape index (κ2) is 1.77. The molecule has 1 aliphatic carbocycles. The molecular formula is C6H10Cl2Si. The van der Waals surface area contributed by atoms with Crippen molar-refractivity contribution in [1.29, 1.82) is 0 Å². The van der Waals surface area contributed by atoms with Gasteiger partial charge < -0.3 is 0 Å². The Morgan fingerprint density at radius 1 is 1.33 bits per heavy atom. The Morgan fingerprint density at radius 3 is 1.67 bits per heavy atom. The molecule has 0 nitrogen and oxygen atoms in total. The molecule has 0 aliphatic heterocycles. The molecular weight excluding hydrogens is 171 g/mol. The largest absolute Gasteiger partial charge is 0.154 e. The van der Waals surface area contributed by atoms with E-state index in [1.807, 2.05) is 6.08 Å². The van der Waals surface area contributed by atoms with Gasteiger partial charge in [0.05, 0.1) is 8.07 Å². The first kappa shape index (κ1) is 7.64. The molecule has 0 aromatic heterocycles. The fourth-order valence-electron chi connectivity index (χ4n) is 0.862. The zero-order chi connectivity index (χ0) is 7.28. The highest BCUT2D eigenvalue weighted by Crippen LogP contribution is 2.49. The number of hydrogen-bond donors (Lipinski definition) is 0. The minimum atomic E-state index is -1.16. The molecule has 0 aromatic carbocycles. The van der Waals surface area contributed by atoms with Crippen LogP contribution in [0.5, 0.6) is 0 Å². The van der Waals surface area contributed by atoms with E-state index in [4.69, 9.17) is 23.2 Å². The van der Waals surface area contributed by atoms with Gasteiger partial charge in [0.25, 0.3) is 0 Å². The summed E-state index contributed by atoms with van der Waals surface area (Å²) < 4.78 is -0.551. The molecule has 9 heavy (non-hydrogen) atoms. The molecule has 0 spiro atoms. The summed E-state index contributed by atoms with van der Waals surface area (Å²) in [4.78, 5) is 0. The summed E-state index contributed by atoms with van der Waals surface area (Å²) in [6.45, 7) is 6.72. The van der Waals surface area contributed by atoms with Crippen LogP contribution in [0.4, 0.5) is 0 Å². The van der Waals surface area contributed by atoms with Gasteiger partial charge >= 0.3 is 0 Å². The Bertz CT molecular complexity index is 164. The quantitative estimate of drug-likeness (QED) is 0.431. The number of rotatable bonds is 1. The van der Waals surface area contributed by atoms with E-state index in [2.05, 4.69) is 19.6 Å². The fourth-order valence-corrected chi connectivity index (χ4v) is 4.61. The van der Waals surface area contributed by atoms with Crippen LogP contribution >= 0.6 is 23.2 Å². The number of allylic oxidation sites excluding steroid dienone is 2. The maximum Gasteiger partial charge on any atom is 0.154 e. The van der Waals surface area contributed by atoms with Gasteiger partial charge in [-0.1, -0.05) is 42.8 Å². The minimum Gasteiger partial charge on any atom is -0.0924 e. The van der Waals surface area contributed by atoms with E-state index in [0.29, 0.717) is 0 Å². The lowest BCUT2D eigenvalue weighted by molar-refractivity contribution is 1.46. The van der Waals surface area contributed by atoms with E-state index in [0.717, 1.165) is 0 Å². The molecule has 0 atom stereocenters. The third-order valence-corrected chi connectivity index (χ3v) is 4.51. The summed E-state index contributed by atoms with van der Waals surface area (Å²) in [5, 5.41) is 1.28. The molecule has 0 fully saturated rings. The van der Waals surface area contributed by atoms with E-state index < -0.39 is 12.4 Å². The first-order valence-electron chi connectivity index (χ1n) is 2.96. The second-order valence-electron chi connectivity index (χ2n) is 3.43. The minimum absolute atomic E-state index is 0.551. The molecule has 1 rings (SSSR count). The van der Waals surface area contributed by atoms with Gasteiger partial charge in [-0.05, 0) is 11.3 Å². The monoisotopic (exact) mass is 180 g/mol. The zero-order valence-corrected chi connectivity index (χ0v) is 8.35. The average Bonchev–Trinajstić information content (AvgIpc) is 2.10. The van der Waals surface area contributed by atoms with Crippen LogP contribution in [0.15, 0.2) is 11.3 Å². The highest BCUT2D eigenvalue weighted by molar-refractivity contribution is 6.88. The van der Waals surface area contributed by atoms with Crippen LogP contribution in [-0.2, 0) is 0 Å². The molecule has 3 heteroatoms. The lowest BCUT2D eigenvalue weighted by Gasteiger charge is -2.13. The summed E-state index contributed by atoms with van der Waals surface area (Å²) in [6, 6.07) is 0. The number of hydrogen-bond acceptors (Lipinski definition) is 0. The zero-order valence-electron chi connectivity index (χ0n) is 5.83. The summed E-state index contributed by atoms with van der Waals surface area (Å²) in [5.41, 5.74) is 0. The van der Waals surface area contributed by atoms with E-state index in [1.54, 1.807) is 0 Å². The highest BCUT2D eigenvalue weighted by Gasteiger charge is 2.46. The normalized spacial score (nSPS) is 23.4. The van der Waals surface area contributed by atoms with Gasteiger partial charge in [-0.25, -0.2) is 0 Å². The smallest absolute Gasteiger partial charge is 0.0924 e. The average molecular weight is 181 g/mol. The number of halogens is 2. The van der Waals surface area contributed by atoms with Crippen LogP contribution in [0.1, 0.15) is 0 Å². The molecule has 1 aliphatic rings. The van der Waals surface area contributed by atoms with Gasteiger partial charge in [0.1, 0.15) is 0 Å². The molecule has 0 aromatic rings. The van der Waals surface area contributed by atoms with Crippen LogP contribution in [-0.4, -0.2) is 12.4 Å². The Kier molecular flexibility index (Phi) is 1.51. The van der Waals surface area contributed by atoms with Crippen molar-refractivity contribution < 1.29 is 0 Å². The predicted molar refractivity (Wildman–Crippen MR) is 45.9 cm³/mol. The summed E-state index contributed by atoms with van der Waals surface area (Å²) in [6.07, 6.45) is 1.95. The fraction of sp³-hybridized carbons (Fsp3) is 0.667. The van der Waals surface area contributed by atoms with Crippen molar-refractivity contribution in [3.8, 4) is 0 Å². The van der Waals surface area contributed by atoms with Crippen molar-refractivity contribution in [2.75, 3.05) is 0 Å². The van der Waals surface area contributed by atoms with Crippen LogP contribution in [0, 0.1) is 0 Å². The SMILES string of the molecule is C[Si](C)(C)C1=CC1(Cl)Cl. The Morgan fingerprint density at radius 2 is 1.67 bits per heavy atom. The van der Waals surface area contributed by atoms with Gasteiger partial charge in [-0.2, -0.15) is 0 Å². The second-order valence-corrected chi connectivity index (χ2v) is 9.86. The Labute approximate surface area is 66.9 Å². The van der Waals surface area contributed by atoms with Crippen LogP contribution in [0.2, 0.25) is 19.6 Å². The predicted octanol–water partition coefficient (Wildman–Crippen LogP) is 2.98. The summed E-state index contributed by atoms with van der Waals surface area (Å²) >= 11 is 11.6. The van der Waals surface area contributed by atoms with Gasteiger partial charge in [0.15, 0.2) is 4.33 Å². The molecule has 0 saturated heterocycles. The third-order valence-electron chi connectivity index (χ3n) is 1.41. The lowest BCUT2D eigenvalue weighted by Crippen LogP contribution is -2.22. The molecule has 0 heterocycles. The standard InChI is InChI=1S/C6H10Cl2Si/c1-9(2,3)5-4-6(5,7)8/h4H,1-3H3. The van der Waals surface area contributed by atoms with Gasteiger partial charge in [0, 0.05) is 0 Å². The summed E-state index contributed by atoms with van der Waals surface area (Å²) in [5.74, 6) is 0. The van der Waals surface area contributed by atoms with E-state index >= 15 is 0 Å². The van der Waals surface area contributed by atoms with Crippen molar-refractivity contribution in [3.63, 3.8) is 0 Å². The van der Waals surface area contributed by atoms with Gasteiger partial charge in [0.2, 0.25) is 0 Å². The van der Waals surface area contributed by atoms with Crippen LogP contribution in [0.25, 0.3) is 0 Å². The first-order valence-corrected chi connectivity index (χ1v) is 7.21. The summed E-state index contributed by atoms with van der Waals surface area (Å²) in [7, 11) is -1.16. The van der Waals surface area contributed by atoms with Crippen molar-refractivity contribution in [2.45, 2.75) is 24.0 Å². The molecule has 52 valence electrons. The number of alkyl halides is 2. The maximum absolute atomic E-state index is 5.80. The third kappa shape index (κ3) is 1.51. The molecule has 0 saturated carbocycles. The van der Waals surface area contributed by atoms with Crippen LogP contribution in [0.3, 0.4) is 0 Å². The molecule has 0 unspecified atom stereocenters. The molecule has 0 bridgehead atoms. The molecule has 0 amide bonds. The topological polar surface area (TPSA) is 0 Å². The van der Waals surface area contributed by atoms with E-state index in [9.17, 15) is 0 Å². The highest BCUT2D eigenvalue weighted by atomic mass is 35.5. The Hall–Kier alpha value is 0.537. The lowest BCUT2D eigenvalue weighted by atomic mass is 10.8. The first-order chi connectivity index (χ1) is 3.84.